The van der Waals surface area contributed by atoms with Gasteiger partial charge in [-0.1, -0.05) is 30.3 Å². The molecule has 0 aliphatic carbocycles. The molecular weight excluding hydrogens is 306 g/mol. The van der Waals surface area contributed by atoms with E-state index in [4.69, 9.17) is 15.9 Å². The summed E-state index contributed by atoms with van der Waals surface area (Å²) in [5, 5.41) is 0. The number of hydrogen-bond donors (Lipinski definition) is 0. The fourth-order valence-corrected chi connectivity index (χ4v) is 2.86. The maximum atomic E-state index is 12.2. The van der Waals surface area contributed by atoms with Gasteiger partial charge >= 0.3 is 12.1 Å². The number of terminal acetylenes is 1. The summed E-state index contributed by atoms with van der Waals surface area (Å²) in [5.74, 6) is 2.31. The number of carbonyl (C=O) groups is 2. The first kappa shape index (κ1) is 17.9. The first-order valence-corrected chi connectivity index (χ1v) is 8.17. The van der Waals surface area contributed by atoms with Gasteiger partial charge in [-0.25, -0.2) is 4.79 Å². The monoisotopic (exact) mass is 329 g/mol. The zero-order valence-electron chi connectivity index (χ0n) is 14.0. The predicted octanol–water partition coefficient (Wildman–Crippen LogP) is 2.99. The van der Waals surface area contributed by atoms with E-state index in [2.05, 4.69) is 5.92 Å². The summed E-state index contributed by atoms with van der Waals surface area (Å²) in [5.41, 5.74) is 0.261. The summed E-state index contributed by atoms with van der Waals surface area (Å²) < 4.78 is 10.5. The average Bonchev–Trinajstić information content (AvgIpc) is 2.61. The van der Waals surface area contributed by atoms with E-state index in [9.17, 15) is 9.59 Å². The molecule has 0 N–H and O–H groups in total. The molecule has 5 heteroatoms. The highest BCUT2D eigenvalue weighted by Crippen LogP contribution is 2.36. The Balaban J connectivity index is 1.89. The second-order valence-electron chi connectivity index (χ2n) is 5.91. The van der Waals surface area contributed by atoms with Gasteiger partial charge in [0.05, 0.1) is 12.0 Å². The Kier molecular flexibility index (Phi) is 6.25. The van der Waals surface area contributed by atoms with Crippen LogP contribution in [0.4, 0.5) is 4.79 Å². The third-order valence-corrected chi connectivity index (χ3v) is 4.33. The molecule has 24 heavy (non-hydrogen) atoms. The Morgan fingerprint density at radius 1 is 1.21 bits per heavy atom. The van der Waals surface area contributed by atoms with Crippen LogP contribution in [0.2, 0.25) is 0 Å². The molecular formula is C19H23NO4. The number of amides is 1. The Morgan fingerprint density at radius 3 is 2.46 bits per heavy atom. The van der Waals surface area contributed by atoms with Crippen molar-refractivity contribution in [3.05, 3.63) is 35.9 Å². The molecule has 1 aromatic carbocycles. The molecule has 1 aromatic rings. The molecule has 0 unspecified atom stereocenters. The van der Waals surface area contributed by atoms with Crippen LogP contribution < -0.4 is 0 Å². The fourth-order valence-electron chi connectivity index (χ4n) is 2.86. The number of hydrogen-bond acceptors (Lipinski definition) is 4. The zero-order valence-corrected chi connectivity index (χ0v) is 14.0. The molecule has 128 valence electrons. The smallest absolute Gasteiger partial charge is 0.410 e. The summed E-state index contributed by atoms with van der Waals surface area (Å²) in [6, 6.07) is 9.52. The van der Waals surface area contributed by atoms with Crippen molar-refractivity contribution in [1.82, 2.24) is 4.90 Å². The number of likely N-dealkylation sites (tertiary alicyclic amines) is 1. The van der Waals surface area contributed by atoms with Crippen molar-refractivity contribution in [3.63, 3.8) is 0 Å². The van der Waals surface area contributed by atoms with Gasteiger partial charge in [-0.2, -0.15) is 0 Å². The van der Waals surface area contributed by atoms with Crippen molar-refractivity contribution in [2.75, 3.05) is 19.7 Å². The van der Waals surface area contributed by atoms with Crippen LogP contribution in [-0.4, -0.2) is 36.7 Å². The van der Waals surface area contributed by atoms with Gasteiger partial charge in [0.1, 0.15) is 6.61 Å². The van der Waals surface area contributed by atoms with Crippen molar-refractivity contribution in [1.29, 1.82) is 0 Å². The Bertz CT molecular complexity index is 598. The highest BCUT2D eigenvalue weighted by atomic mass is 16.6. The van der Waals surface area contributed by atoms with Crippen LogP contribution in [-0.2, 0) is 20.9 Å². The lowest BCUT2D eigenvalue weighted by molar-refractivity contribution is -0.158. The second kappa shape index (κ2) is 8.39. The molecule has 2 rings (SSSR count). The lowest BCUT2D eigenvalue weighted by atomic mass is 9.76. The highest BCUT2D eigenvalue weighted by molar-refractivity contribution is 5.78. The number of esters is 1. The molecule has 0 aromatic heterocycles. The van der Waals surface area contributed by atoms with E-state index in [1.807, 2.05) is 30.3 Å². The molecule has 1 aliphatic rings. The Labute approximate surface area is 142 Å². The SMILES string of the molecule is C#CCC1(C(=O)OCC)CCN(C(=O)OCc2ccccc2)CC1. The summed E-state index contributed by atoms with van der Waals surface area (Å²) in [4.78, 5) is 26.0. The topological polar surface area (TPSA) is 55.8 Å². The van der Waals surface area contributed by atoms with Gasteiger partial charge in [0, 0.05) is 19.5 Å². The molecule has 1 fully saturated rings. The third kappa shape index (κ3) is 4.29. The van der Waals surface area contributed by atoms with Gasteiger partial charge in [0.2, 0.25) is 0 Å². The van der Waals surface area contributed by atoms with Crippen LogP contribution in [0.25, 0.3) is 0 Å². The fraction of sp³-hybridized carbons (Fsp3) is 0.474. The van der Waals surface area contributed by atoms with E-state index in [0.29, 0.717) is 39.0 Å². The minimum atomic E-state index is -0.680. The van der Waals surface area contributed by atoms with Gasteiger partial charge in [0.25, 0.3) is 0 Å². The summed E-state index contributed by atoms with van der Waals surface area (Å²) in [6.07, 6.45) is 6.38. The van der Waals surface area contributed by atoms with E-state index in [1.54, 1.807) is 11.8 Å². The second-order valence-corrected chi connectivity index (χ2v) is 5.91. The summed E-state index contributed by atoms with van der Waals surface area (Å²) in [6.45, 7) is 3.22. The van der Waals surface area contributed by atoms with Crippen LogP contribution in [0.5, 0.6) is 0 Å². The molecule has 5 nitrogen and oxygen atoms in total. The van der Waals surface area contributed by atoms with E-state index < -0.39 is 5.41 Å². The van der Waals surface area contributed by atoms with Crippen LogP contribution in [0, 0.1) is 17.8 Å². The van der Waals surface area contributed by atoms with Gasteiger partial charge in [-0.15, -0.1) is 12.3 Å². The molecule has 1 aliphatic heterocycles. The van der Waals surface area contributed by atoms with Crippen LogP contribution in [0.15, 0.2) is 30.3 Å². The van der Waals surface area contributed by atoms with E-state index >= 15 is 0 Å². The number of benzene rings is 1. The molecule has 0 radical (unpaired) electrons. The van der Waals surface area contributed by atoms with Crippen LogP contribution in [0.3, 0.4) is 0 Å². The molecule has 0 bridgehead atoms. The van der Waals surface area contributed by atoms with E-state index in [-0.39, 0.29) is 18.7 Å². The summed E-state index contributed by atoms with van der Waals surface area (Å²) >= 11 is 0. The Hall–Kier alpha value is -2.48. The molecule has 0 atom stereocenters. The molecule has 1 heterocycles. The maximum Gasteiger partial charge on any atom is 0.410 e. The molecule has 1 amide bonds. The van der Waals surface area contributed by atoms with Crippen molar-refractivity contribution in [3.8, 4) is 12.3 Å². The number of rotatable bonds is 5. The van der Waals surface area contributed by atoms with E-state index in [0.717, 1.165) is 5.56 Å². The van der Waals surface area contributed by atoms with Crippen LogP contribution >= 0.6 is 0 Å². The van der Waals surface area contributed by atoms with Gasteiger partial charge in [-0.3, -0.25) is 4.79 Å². The first-order chi connectivity index (χ1) is 11.6. The predicted molar refractivity (Wildman–Crippen MR) is 90.0 cm³/mol. The van der Waals surface area contributed by atoms with Gasteiger partial charge < -0.3 is 14.4 Å². The lowest BCUT2D eigenvalue weighted by Crippen LogP contribution is -2.47. The van der Waals surface area contributed by atoms with Crippen molar-refractivity contribution >= 4 is 12.1 Å². The minimum Gasteiger partial charge on any atom is -0.466 e. The first-order valence-electron chi connectivity index (χ1n) is 8.17. The number of nitrogens with zero attached hydrogens (tertiary/aromatic N) is 1. The van der Waals surface area contributed by atoms with Gasteiger partial charge in [0.15, 0.2) is 0 Å². The van der Waals surface area contributed by atoms with E-state index in [1.165, 1.54) is 0 Å². The van der Waals surface area contributed by atoms with Crippen molar-refractivity contribution in [2.24, 2.45) is 5.41 Å². The molecule has 0 spiro atoms. The standard InChI is InChI=1S/C19H23NO4/c1-3-10-19(17(21)23-4-2)11-13-20(14-12-19)18(22)24-15-16-8-6-5-7-9-16/h1,5-9H,4,10-15H2,2H3. The summed E-state index contributed by atoms with van der Waals surface area (Å²) in [7, 11) is 0. The van der Waals surface area contributed by atoms with Gasteiger partial charge in [-0.05, 0) is 25.3 Å². The molecule has 1 saturated heterocycles. The number of ether oxygens (including phenoxy) is 2. The lowest BCUT2D eigenvalue weighted by Gasteiger charge is -2.38. The average molecular weight is 329 g/mol. The maximum absolute atomic E-state index is 12.2. The quantitative estimate of drug-likeness (QED) is 0.615. The number of carbonyl (C=O) groups excluding carboxylic acids is 2. The number of piperidine rings is 1. The zero-order chi connectivity index (χ0) is 17.4. The third-order valence-electron chi connectivity index (χ3n) is 4.33. The molecule has 0 saturated carbocycles. The normalized spacial score (nSPS) is 16.1. The van der Waals surface area contributed by atoms with Crippen LogP contribution in [0.1, 0.15) is 31.7 Å². The van der Waals surface area contributed by atoms with Crippen molar-refractivity contribution < 1.29 is 19.1 Å². The van der Waals surface area contributed by atoms with Crippen molar-refractivity contribution in [2.45, 2.75) is 32.8 Å². The highest BCUT2D eigenvalue weighted by Gasteiger charge is 2.43. The Morgan fingerprint density at radius 2 is 1.88 bits per heavy atom. The minimum absolute atomic E-state index is 0.240. The largest absolute Gasteiger partial charge is 0.466 e.